The third kappa shape index (κ3) is 3.40. The highest BCUT2D eigenvalue weighted by Crippen LogP contribution is 2.22. The lowest BCUT2D eigenvalue weighted by atomic mass is 10.2. The fourth-order valence-electron chi connectivity index (χ4n) is 2.85. The van der Waals surface area contributed by atoms with Crippen LogP contribution < -0.4 is 10.3 Å². The Balaban J connectivity index is 1.48. The molecule has 0 fully saturated rings. The lowest BCUT2D eigenvalue weighted by molar-refractivity contribution is 0.318. The van der Waals surface area contributed by atoms with E-state index in [4.69, 9.17) is 4.74 Å². The minimum absolute atomic E-state index is 0.0882. The number of benzene rings is 2. The summed E-state index contributed by atoms with van der Waals surface area (Å²) in [6, 6.07) is 13.4. The third-order valence-electron chi connectivity index (χ3n) is 4.20. The van der Waals surface area contributed by atoms with Gasteiger partial charge in [-0.05, 0) is 42.8 Å². The maximum atomic E-state index is 12.9. The fraction of sp³-hybridized carbons (Fsp3) is 0.211. The van der Waals surface area contributed by atoms with Crippen molar-refractivity contribution >= 4 is 28.4 Å². The standard InChI is InChI=1S/C19H17FN4O2S/c1-23-17(25)15-5-2-3-6-16(15)24-18(23)21-22-19(24)27-12-4-11-26-14-9-7-13(20)8-10-14/h2-3,5-10H,4,11-12H2,1H3. The molecule has 6 nitrogen and oxygen atoms in total. The maximum Gasteiger partial charge on any atom is 0.262 e. The number of fused-ring (bicyclic) bond motifs is 3. The molecule has 2 heterocycles. The highest BCUT2D eigenvalue weighted by atomic mass is 32.2. The van der Waals surface area contributed by atoms with Crippen LogP contribution in [-0.2, 0) is 7.05 Å². The van der Waals surface area contributed by atoms with Crippen LogP contribution in [-0.4, -0.2) is 31.5 Å². The Kier molecular flexibility index (Phi) is 4.81. The normalized spacial score (nSPS) is 11.3. The largest absolute Gasteiger partial charge is 0.494 e. The molecule has 138 valence electrons. The van der Waals surface area contributed by atoms with Gasteiger partial charge in [-0.1, -0.05) is 23.9 Å². The van der Waals surface area contributed by atoms with Crippen LogP contribution in [0.15, 0.2) is 58.5 Å². The van der Waals surface area contributed by atoms with Crippen LogP contribution in [0.3, 0.4) is 0 Å². The number of ether oxygens (including phenoxy) is 1. The fourth-order valence-corrected chi connectivity index (χ4v) is 3.70. The average molecular weight is 384 g/mol. The first-order valence-electron chi connectivity index (χ1n) is 8.49. The SMILES string of the molecule is Cn1c(=O)c2ccccc2n2c(SCCCOc3ccc(F)cc3)nnc12. The number of aryl methyl sites for hydroxylation is 1. The molecule has 0 unspecified atom stereocenters. The van der Waals surface area contributed by atoms with Gasteiger partial charge in [0.2, 0.25) is 5.78 Å². The summed E-state index contributed by atoms with van der Waals surface area (Å²) < 4.78 is 21.9. The third-order valence-corrected chi connectivity index (χ3v) is 5.21. The second-order valence-electron chi connectivity index (χ2n) is 6.00. The number of thioether (sulfide) groups is 1. The summed E-state index contributed by atoms with van der Waals surface area (Å²) in [6.45, 7) is 0.522. The van der Waals surface area contributed by atoms with Crippen LogP contribution in [0.4, 0.5) is 4.39 Å². The van der Waals surface area contributed by atoms with E-state index in [9.17, 15) is 9.18 Å². The molecule has 0 saturated carbocycles. The van der Waals surface area contributed by atoms with Gasteiger partial charge in [0.15, 0.2) is 5.16 Å². The van der Waals surface area contributed by atoms with E-state index in [2.05, 4.69) is 10.2 Å². The highest BCUT2D eigenvalue weighted by Gasteiger charge is 2.14. The van der Waals surface area contributed by atoms with Crippen LogP contribution in [0.1, 0.15) is 6.42 Å². The highest BCUT2D eigenvalue weighted by molar-refractivity contribution is 7.99. The smallest absolute Gasteiger partial charge is 0.262 e. The van der Waals surface area contributed by atoms with E-state index in [0.29, 0.717) is 23.5 Å². The zero-order chi connectivity index (χ0) is 18.8. The molecule has 0 amide bonds. The summed E-state index contributed by atoms with van der Waals surface area (Å²) >= 11 is 1.56. The first-order chi connectivity index (χ1) is 13.1. The van der Waals surface area contributed by atoms with Gasteiger partial charge in [-0.15, -0.1) is 10.2 Å². The predicted octanol–water partition coefficient (Wildman–Crippen LogP) is 3.28. The molecule has 8 heteroatoms. The summed E-state index contributed by atoms with van der Waals surface area (Å²) in [7, 11) is 1.70. The Morgan fingerprint density at radius 2 is 1.89 bits per heavy atom. The van der Waals surface area contributed by atoms with E-state index in [1.165, 1.54) is 16.7 Å². The topological polar surface area (TPSA) is 61.4 Å². The summed E-state index contributed by atoms with van der Waals surface area (Å²) in [5.74, 6) is 1.66. The van der Waals surface area contributed by atoms with Crippen molar-refractivity contribution in [3.63, 3.8) is 0 Å². The quantitative estimate of drug-likeness (QED) is 0.377. The molecule has 0 aliphatic heterocycles. The zero-order valence-electron chi connectivity index (χ0n) is 14.6. The number of hydrogen-bond acceptors (Lipinski definition) is 5. The first-order valence-corrected chi connectivity index (χ1v) is 9.48. The van der Waals surface area contributed by atoms with Crippen LogP contribution in [0.5, 0.6) is 5.75 Å². The Morgan fingerprint density at radius 3 is 2.70 bits per heavy atom. The van der Waals surface area contributed by atoms with Crippen molar-refractivity contribution in [2.75, 3.05) is 12.4 Å². The predicted molar refractivity (Wildman–Crippen MR) is 103 cm³/mol. The molecule has 27 heavy (non-hydrogen) atoms. The van der Waals surface area contributed by atoms with E-state index in [0.717, 1.165) is 22.8 Å². The Hall–Kier alpha value is -2.87. The van der Waals surface area contributed by atoms with Gasteiger partial charge in [-0.2, -0.15) is 0 Å². The second kappa shape index (κ2) is 7.40. The molecule has 0 saturated heterocycles. The van der Waals surface area contributed by atoms with Crippen LogP contribution in [0.25, 0.3) is 16.7 Å². The van der Waals surface area contributed by atoms with Crippen molar-refractivity contribution in [1.82, 2.24) is 19.2 Å². The molecule has 2 aromatic carbocycles. The molecule has 4 rings (SSSR count). The van der Waals surface area contributed by atoms with E-state index < -0.39 is 0 Å². The van der Waals surface area contributed by atoms with E-state index in [1.807, 2.05) is 28.7 Å². The van der Waals surface area contributed by atoms with Gasteiger partial charge in [-0.25, -0.2) is 4.39 Å². The molecule has 0 spiro atoms. The van der Waals surface area contributed by atoms with Crippen LogP contribution in [0.2, 0.25) is 0 Å². The van der Waals surface area contributed by atoms with Crippen molar-refractivity contribution < 1.29 is 9.13 Å². The van der Waals surface area contributed by atoms with Gasteiger partial charge >= 0.3 is 0 Å². The van der Waals surface area contributed by atoms with Crippen molar-refractivity contribution in [2.24, 2.45) is 7.05 Å². The number of halogens is 1. The van der Waals surface area contributed by atoms with E-state index >= 15 is 0 Å². The molecular weight excluding hydrogens is 367 g/mol. The summed E-state index contributed by atoms with van der Waals surface area (Å²) in [4.78, 5) is 12.4. The summed E-state index contributed by atoms with van der Waals surface area (Å²) in [6.07, 6.45) is 0.792. The van der Waals surface area contributed by atoms with Gasteiger partial charge in [0.1, 0.15) is 11.6 Å². The van der Waals surface area contributed by atoms with Crippen molar-refractivity contribution in [3.8, 4) is 5.75 Å². The van der Waals surface area contributed by atoms with Gasteiger partial charge in [0.25, 0.3) is 5.56 Å². The van der Waals surface area contributed by atoms with E-state index in [-0.39, 0.29) is 11.4 Å². The van der Waals surface area contributed by atoms with Crippen molar-refractivity contribution in [2.45, 2.75) is 11.6 Å². The number of nitrogens with zero attached hydrogens (tertiary/aromatic N) is 4. The minimum atomic E-state index is -0.279. The first kappa shape index (κ1) is 17.5. The number of aromatic nitrogens is 4. The monoisotopic (exact) mass is 384 g/mol. The lowest BCUT2D eigenvalue weighted by Gasteiger charge is -2.08. The molecule has 2 aromatic heterocycles. The van der Waals surface area contributed by atoms with Gasteiger partial charge in [0, 0.05) is 12.8 Å². The number of hydrogen-bond donors (Lipinski definition) is 0. The van der Waals surface area contributed by atoms with Gasteiger partial charge in [-0.3, -0.25) is 13.8 Å². The molecular formula is C19H17FN4O2S. The van der Waals surface area contributed by atoms with Crippen molar-refractivity contribution in [3.05, 3.63) is 64.7 Å². The molecule has 0 aliphatic carbocycles. The number of para-hydroxylation sites is 1. The van der Waals surface area contributed by atoms with E-state index in [1.54, 1.807) is 30.9 Å². The lowest BCUT2D eigenvalue weighted by Crippen LogP contribution is -2.20. The zero-order valence-corrected chi connectivity index (χ0v) is 15.4. The Labute approximate surface area is 158 Å². The Bertz CT molecular complexity index is 1150. The molecule has 0 atom stereocenters. The minimum Gasteiger partial charge on any atom is -0.494 e. The van der Waals surface area contributed by atoms with Crippen LogP contribution >= 0.6 is 11.8 Å². The Morgan fingerprint density at radius 1 is 1.11 bits per heavy atom. The van der Waals surface area contributed by atoms with Crippen molar-refractivity contribution in [1.29, 1.82) is 0 Å². The number of rotatable bonds is 6. The molecule has 0 aliphatic rings. The maximum absolute atomic E-state index is 12.9. The average Bonchev–Trinajstić information content (AvgIpc) is 3.11. The van der Waals surface area contributed by atoms with Gasteiger partial charge in [0.05, 0.1) is 17.5 Å². The summed E-state index contributed by atoms with van der Waals surface area (Å²) in [5.41, 5.74) is 0.709. The molecule has 0 radical (unpaired) electrons. The van der Waals surface area contributed by atoms with Gasteiger partial charge < -0.3 is 4.74 Å². The molecule has 0 N–H and O–H groups in total. The van der Waals surface area contributed by atoms with Crippen LogP contribution in [0, 0.1) is 5.82 Å². The second-order valence-corrected chi connectivity index (χ2v) is 7.07. The molecule has 4 aromatic rings. The molecule has 0 bridgehead atoms. The summed E-state index contributed by atoms with van der Waals surface area (Å²) in [5, 5.41) is 9.79.